The van der Waals surface area contributed by atoms with Crippen LogP contribution in [0.1, 0.15) is 47.6 Å². The van der Waals surface area contributed by atoms with Gasteiger partial charge in [0.25, 0.3) is 5.91 Å². The van der Waals surface area contributed by atoms with Crippen LogP contribution in [0.5, 0.6) is 17.2 Å². The first-order valence-corrected chi connectivity index (χ1v) is 12.1. The molecule has 1 heterocycles. The Bertz CT molecular complexity index is 1260. The number of hydrogen-bond acceptors (Lipinski definition) is 5. The van der Waals surface area contributed by atoms with Crippen molar-refractivity contribution in [3.8, 4) is 17.2 Å². The van der Waals surface area contributed by atoms with Gasteiger partial charge in [-0.1, -0.05) is 31.0 Å². The molecule has 1 fully saturated rings. The van der Waals surface area contributed by atoms with Crippen LogP contribution >= 0.6 is 0 Å². The molecule has 1 saturated carbocycles. The van der Waals surface area contributed by atoms with E-state index in [0.29, 0.717) is 30.3 Å². The maximum absolute atomic E-state index is 14.4. The van der Waals surface area contributed by atoms with Gasteiger partial charge in [0.1, 0.15) is 30.8 Å². The van der Waals surface area contributed by atoms with Crippen LogP contribution in [-0.2, 0) is 4.79 Å². The lowest BCUT2D eigenvalue weighted by Gasteiger charge is -2.32. The fourth-order valence-electron chi connectivity index (χ4n) is 4.75. The quantitative estimate of drug-likeness (QED) is 0.521. The molecule has 1 aliphatic heterocycles. The second-order valence-electron chi connectivity index (χ2n) is 9.00. The predicted octanol–water partition coefficient (Wildman–Crippen LogP) is 4.75. The first kappa shape index (κ1) is 23.7. The molecule has 0 bridgehead atoms. The number of anilines is 1. The van der Waals surface area contributed by atoms with Gasteiger partial charge in [-0.3, -0.25) is 14.5 Å². The summed E-state index contributed by atoms with van der Waals surface area (Å²) < 4.78 is 25.6. The Kier molecular flexibility index (Phi) is 6.75. The van der Waals surface area contributed by atoms with Crippen molar-refractivity contribution in [1.82, 2.24) is 5.32 Å². The van der Waals surface area contributed by atoms with Crippen LogP contribution in [0.25, 0.3) is 0 Å². The Morgan fingerprint density at radius 1 is 0.944 bits per heavy atom. The SMILES string of the molecule is O=C(NC1CCCC1)C(c1ccc(O)cc1)N(C(=O)c1ccc2c(c1)OCCO2)c1cccc(F)c1. The lowest BCUT2D eigenvalue weighted by molar-refractivity contribution is -0.123. The average Bonchev–Trinajstić information content (AvgIpc) is 3.40. The molecule has 1 unspecified atom stereocenters. The van der Waals surface area contributed by atoms with E-state index in [1.807, 2.05) is 0 Å². The highest BCUT2D eigenvalue weighted by atomic mass is 19.1. The van der Waals surface area contributed by atoms with Crippen LogP contribution in [0.4, 0.5) is 10.1 Å². The highest BCUT2D eigenvalue weighted by Crippen LogP contribution is 2.35. The summed E-state index contributed by atoms with van der Waals surface area (Å²) in [7, 11) is 0. The summed E-state index contributed by atoms with van der Waals surface area (Å²) in [5.74, 6) is -0.413. The summed E-state index contributed by atoms with van der Waals surface area (Å²) in [6.45, 7) is 0.776. The summed E-state index contributed by atoms with van der Waals surface area (Å²) in [4.78, 5) is 29.1. The van der Waals surface area contributed by atoms with E-state index in [0.717, 1.165) is 25.7 Å². The van der Waals surface area contributed by atoms with E-state index < -0.39 is 17.8 Å². The smallest absolute Gasteiger partial charge is 0.259 e. The topological polar surface area (TPSA) is 88.1 Å². The number of ether oxygens (including phenoxy) is 2. The molecular formula is C28H27FN2O5. The molecule has 186 valence electrons. The van der Waals surface area contributed by atoms with Crippen LogP contribution in [-0.4, -0.2) is 36.2 Å². The number of rotatable bonds is 6. The minimum atomic E-state index is -1.10. The molecule has 0 radical (unpaired) electrons. The molecule has 7 nitrogen and oxygen atoms in total. The Morgan fingerprint density at radius 2 is 1.67 bits per heavy atom. The average molecular weight is 491 g/mol. The van der Waals surface area contributed by atoms with Crippen LogP contribution in [0.3, 0.4) is 0 Å². The molecule has 1 atom stereocenters. The number of hydrogen-bond donors (Lipinski definition) is 2. The zero-order chi connectivity index (χ0) is 25.1. The van der Waals surface area contributed by atoms with Crippen molar-refractivity contribution in [2.75, 3.05) is 18.1 Å². The lowest BCUT2D eigenvalue weighted by Crippen LogP contribution is -2.46. The van der Waals surface area contributed by atoms with Gasteiger partial charge in [-0.15, -0.1) is 0 Å². The maximum atomic E-state index is 14.4. The van der Waals surface area contributed by atoms with Crippen LogP contribution < -0.4 is 19.7 Å². The van der Waals surface area contributed by atoms with Crippen molar-refractivity contribution >= 4 is 17.5 Å². The number of nitrogens with one attached hydrogen (secondary N) is 1. The van der Waals surface area contributed by atoms with Gasteiger partial charge in [0.15, 0.2) is 11.5 Å². The number of nitrogens with zero attached hydrogens (tertiary/aromatic N) is 1. The summed E-state index contributed by atoms with van der Waals surface area (Å²) in [5, 5.41) is 12.9. The van der Waals surface area contributed by atoms with Gasteiger partial charge in [0, 0.05) is 17.3 Å². The standard InChI is InChI=1S/C28H27FN2O5/c29-20-4-3-7-22(17-20)31(28(34)19-10-13-24-25(16-19)36-15-14-35-24)26(18-8-11-23(32)12-9-18)27(33)30-21-5-1-2-6-21/h3-4,7-13,16-17,21,26,32H,1-2,5-6,14-15H2,(H,30,33). The van der Waals surface area contributed by atoms with E-state index in [-0.39, 0.29) is 28.9 Å². The third-order valence-electron chi connectivity index (χ3n) is 6.51. The molecule has 2 N–H and O–H groups in total. The summed E-state index contributed by atoms with van der Waals surface area (Å²) in [6.07, 6.45) is 3.78. The molecule has 3 aromatic rings. The fraction of sp³-hybridized carbons (Fsp3) is 0.286. The number of fused-ring (bicyclic) bond motifs is 1. The fourth-order valence-corrected chi connectivity index (χ4v) is 4.75. The first-order chi connectivity index (χ1) is 17.5. The minimum Gasteiger partial charge on any atom is -0.508 e. The van der Waals surface area contributed by atoms with Gasteiger partial charge in [-0.2, -0.15) is 0 Å². The van der Waals surface area contributed by atoms with Crippen LogP contribution in [0.2, 0.25) is 0 Å². The third kappa shape index (κ3) is 4.98. The molecule has 1 aliphatic carbocycles. The second kappa shape index (κ2) is 10.3. The number of phenols is 1. The summed E-state index contributed by atoms with van der Waals surface area (Å²) >= 11 is 0. The Balaban J connectivity index is 1.60. The van der Waals surface area contributed by atoms with Gasteiger partial charge in [-0.05, 0) is 66.9 Å². The molecule has 3 aromatic carbocycles. The normalized spacial score (nSPS) is 15.8. The number of benzene rings is 3. The van der Waals surface area contributed by atoms with Crippen molar-refractivity contribution in [3.63, 3.8) is 0 Å². The van der Waals surface area contributed by atoms with Crippen molar-refractivity contribution < 1.29 is 28.6 Å². The van der Waals surface area contributed by atoms with Crippen molar-refractivity contribution in [1.29, 1.82) is 0 Å². The molecule has 8 heteroatoms. The minimum absolute atomic E-state index is 0.0101. The van der Waals surface area contributed by atoms with E-state index in [1.54, 1.807) is 36.4 Å². The van der Waals surface area contributed by atoms with Crippen molar-refractivity contribution in [3.05, 3.63) is 83.7 Å². The zero-order valence-corrected chi connectivity index (χ0v) is 19.7. The summed E-state index contributed by atoms with van der Waals surface area (Å²) in [5.41, 5.74) is 0.981. The second-order valence-corrected chi connectivity index (χ2v) is 9.00. The van der Waals surface area contributed by atoms with Gasteiger partial charge >= 0.3 is 0 Å². The van der Waals surface area contributed by atoms with Crippen molar-refractivity contribution in [2.45, 2.75) is 37.8 Å². The number of phenolic OH excluding ortho intramolecular Hbond substituents is 1. The Hall–Kier alpha value is -4.07. The largest absolute Gasteiger partial charge is 0.508 e. The van der Waals surface area contributed by atoms with Gasteiger partial charge in [0.05, 0.1) is 0 Å². The monoisotopic (exact) mass is 490 g/mol. The number of carbonyl (C=O) groups is 2. The van der Waals surface area contributed by atoms with Crippen LogP contribution in [0, 0.1) is 5.82 Å². The first-order valence-electron chi connectivity index (χ1n) is 12.1. The number of halogens is 1. The van der Waals surface area contributed by atoms with Gasteiger partial charge < -0.3 is 19.9 Å². The highest BCUT2D eigenvalue weighted by Gasteiger charge is 2.35. The summed E-state index contributed by atoms with van der Waals surface area (Å²) in [6, 6.07) is 15.5. The number of aromatic hydroxyl groups is 1. The lowest BCUT2D eigenvalue weighted by atomic mass is 10.0. The molecular weight excluding hydrogens is 463 g/mol. The van der Waals surface area contributed by atoms with E-state index >= 15 is 0 Å². The molecule has 2 amide bonds. The predicted molar refractivity (Wildman–Crippen MR) is 132 cm³/mol. The van der Waals surface area contributed by atoms with E-state index in [4.69, 9.17) is 9.47 Å². The Labute approximate surface area is 208 Å². The number of carbonyl (C=O) groups excluding carboxylic acids is 2. The highest BCUT2D eigenvalue weighted by molar-refractivity contribution is 6.10. The third-order valence-corrected chi connectivity index (χ3v) is 6.51. The van der Waals surface area contributed by atoms with Gasteiger partial charge in [0.2, 0.25) is 5.91 Å². The van der Waals surface area contributed by atoms with E-state index in [9.17, 15) is 19.1 Å². The zero-order valence-electron chi connectivity index (χ0n) is 19.7. The molecule has 2 aliphatic rings. The van der Waals surface area contributed by atoms with Gasteiger partial charge in [-0.25, -0.2) is 4.39 Å². The Morgan fingerprint density at radius 3 is 2.39 bits per heavy atom. The van der Waals surface area contributed by atoms with E-state index in [1.165, 1.54) is 35.2 Å². The molecule has 0 saturated heterocycles. The number of amides is 2. The molecule has 0 spiro atoms. The molecule has 36 heavy (non-hydrogen) atoms. The van der Waals surface area contributed by atoms with E-state index in [2.05, 4.69) is 5.32 Å². The molecule has 5 rings (SSSR count). The molecule has 0 aromatic heterocycles. The van der Waals surface area contributed by atoms with Crippen molar-refractivity contribution in [2.24, 2.45) is 0 Å². The van der Waals surface area contributed by atoms with Crippen LogP contribution in [0.15, 0.2) is 66.7 Å². The maximum Gasteiger partial charge on any atom is 0.259 e.